The first kappa shape index (κ1) is 15.4. The van der Waals surface area contributed by atoms with Gasteiger partial charge in [0.2, 0.25) is 0 Å². The summed E-state index contributed by atoms with van der Waals surface area (Å²) in [4.78, 5) is 0. The van der Waals surface area contributed by atoms with Gasteiger partial charge in [-0.15, -0.1) is 0 Å². The highest BCUT2D eigenvalue weighted by molar-refractivity contribution is 5.39. The van der Waals surface area contributed by atoms with E-state index in [2.05, 4.69) is 26.0 Å². The largest absolute Gasteiger partial charge is 0.508 e. The van der Waals surface area contributed by atoms with Crippen LogP contribution >= 0.6 is 0 Å². The zero-order chi connectivity index (χ0) is 14.4. The van der Waals surface area contributed by atoms with Crippen LogP contribution in [0.2, 0.25) is 0 Å². The molecule has 1 aromatic rings. The average molecular weight is 274 g/mol. The molecule has 1 heteroatoms. The normalized spacial score (nSPS) is 18.1. The van der Waals surface area contributed by atoms with Crippen LogP contribution in [0.15, 0.2) is 18.2 Å². The number of benzene rings is 1. The summed E-state index contributed by atoms with van der Waals surface area (Å²) in [5.74, 6) is 1.95. The van der Waals surface area contributed by atoms with Gasteiger partial charge in [-0.3, -0.25) is 0 Å². The van der Waals surface area contributed by atoms with Gasteiger partial charge in [-0.05, 0) is 54.7 Å². The monoisotopic (exact) mass is 274 g/mol. The lowest BCUT2D eigenvalue weighted by molar-refractivity contribution is 0.414. The molecule has 1 unspecified atom stereocenters. The molecule has 0 aliphatic heterocycles. The fourth-order valence-electron chi connectivity index (χ4n) is 3.36. The zero-order valence-corrected chi connectivity index (χ0v) is 13.2. The Balaban J connectivity index is 1.96. The minimum Gasteiger partial charge on any atom is -0.508 e. The SMILES string of the molecule is CCC(C)CCCc1ccc(O)c(C2CCCCC2)c1. The average Bonchev–Trinajstić information content (AvgIpc) is 2.49. The number of phenolic OH excluding ortho intramolecular Hbond substituents is 1. The maximum absolute atomic E-state index is 10.1. The van der Waals surface area contributed by atoms with Crippen LogP contribution in [0.3, 0.4) is 0 Å². The highest BCUT2D eigenvalue weighted by Gasteiger charge is 2.18. The van der Waals surface area contributed by atoms with Crippen LogP contribution in [-0.4, -0.2) is 5.11 Å². The van der Waals surface area contributed by atoms with Crippen LogP contribution in [0.4, 0.5) is 0 Å². The van der Waals surface area contributed by atoms with Crippen molar-refractivity contribution in [2.24, 2.45) is 5.92 Å². The number of aromatic hydroxyl groups is 1. The second-order valence-electron chi connectivity index (χ2n) is 6.63. The van der Waals surface area contributed by atoms with E-state index in [-0.39, 0.29) is 0 Å². The van der Waals surface area contributed by atoms with Gasteiger partial charge >= 0.3 is 0 Å². The molecule has 0 heterocycles. The molecule has 0 amide bonds. The molecule has 0 radical (unpaired) electrons. The Kier molecular flexibility index (Phi) is 5.94. The Morgan fingerprint density at radius 1 is 1.20 bits per heavy atom. The topological polar surface area (TPSA) is 20.2 Å². The number of hydrogen-bond acceptors (Lipinski definition) is 1. The van der Waals surface area contributed by atoms with Crippen LogP contribution in [0, 0.1) is 5.92 Å². The van der Waals surface area contributed by atoms with Crippen LogP contribution < -0.4 is 0 Å². The van der Waals surface area contributed by atoms with E-state index in [1.807, 2.05) is 6.07 Å². The Labute approximate surface area is 124 Å². The summed E-state index contributed by atoms with van der Waals surface area (Å²) in [6.07, 6.45) is 11.5. The van der Waals surface area contributed by atoms with E-state index in [1.165, 1.54) is 62.5 Å². The maximum atomic E-state index is 10.1. The second-order valence-corrected chi connectivity index (χ2v) is 6.63. The zero-order valence-electron chi connectivity index (χ0n) is 13.2. The molecule has 1 saturated carbocycles. The van der Waals surface area contributed by atoms with Gasteiger partial charge in [-0.1, -0.05) is 58.1 Å². The third-order valence-corrected chi connectivity index (χ3v) is 5.00. The third kappa shape index (κ3) is 4.26. The highest BCUT2D eigenvalue weighted by atomic mass is 16.3. The van der Waals surface area contributed by atoms with Crippen molar-refractivity contribution in [3.8, 4) is 5.75 Å². The van der Waals surface area contributed by atoms with Crippen molar-refractivity contribution in [2.45, 2.75) is 77.6 Å². The van der Waals surface area contributed by atoms with Gasteiger partial charge in [0.1, 0.15) is 5.75 Å². The molecule has 112 valence electrons. The first-order valence-corrected chi connectivity index (χ1v) is 8.52. The summed E-state index contributed by atoms with van der Waals surface area (Å²) in [5.41, 5.74) is 2.62. The summed E-state index contributed by atoms with van der Waals surface area (Å²) in [5, 5.41) is 10.1. The molecule has 1 aromatic carbocycles. The lowest BCUT2D eigenvalue weighted by Crippen LogP contribution is -2.05. The van der Waals surface area contributed by atoms with Crippen molar-refractivity contribution in [3.05, 3.63) is 29.3 Å². The van der Waals surface area contributed by atoms with Crippen molar-refractivity contribution < 1.29 is 5.11 Å². The molecule has 1 nitrogen and oxygen atoms in total. The Bertz CT molecular complexity index is 404. The number of rotatable bonds is 6. The van der Waals surface area contributed by atoms with Crippen molar-refractivity contribution in [1.29, 1.82) is 0 Å². The molecule has 1 aliphatic rings. The molecular weight excluding hydrogens is 244 g/mol. The van der Waals surface area contributed by atoms with Gasteiger partial charge in [0.15, 0.2) is 0 Å². The Hall–Kier alpha value is -0.980. The molecule has 1 N–H and O–H groups in total. The minimum absolute atomic E-state index is 0.516. The molecule has 0 spiro atoms. The van der Waals surface area contributed by atoms with Crippen molar-refractivity contribution >= 4 is 0 Å². The molecular formula is C19H30O. The van der Waals surface area contributed by atoms with Gasteiger partial charge < -0.3 is 5.11 Å². The van der Waals surface area contributed by atoms with E-state index in [0.29, 0.717) is 11.7 Å². The molecule has 1 atom stereocenters. The Morgan fingerprint density at radius 2 is 1.95 bits per heavy atom. The fraction of sp³-hybridized carbons (Fsp3) is 0.684. The summed E-state index contributed by atoms with van der Waals surface area (Å²) in [6, 6.07) is 6.31. The first-order valence-electron chi connectivity index (χ1n) is 8.52. The molecule has 1 fully saturated rings. The predicted molar refractivity (Wildman–Crippen MR) is 86.3 cm³/mol. The summed E-state index contributed by atoms with van der Waals surface area (Å²) in [7, 11) is 0. The molecule has 2 rings (SSSR count). The van der Waals surface area contributed by atoms with Crippen LogP contribution in [0.1, 0.15) is 82.3 Å². The quantitative estimate of drug-likeness (QED) is 0.694. The van der Waals surface area contributed by atoms with Crippen molar-refractivity contribution in [3.63, 3.8) is 0 Å². The fourth-order valence-corrected chi connectivity index (χ4v) is 3.36. The number of hydrogen-bond donors (Lipinski definition) is 1. The molecule has 0 aromatic heterocycles. The number of phenols is 1. The standard InChI is InChI=1S/C19H30O/c1-3-15(2)8-7-9-16-12-13-19(20)18(14-16)17-10-5-4-6-11-17/h12-15,17,20H,3-11H2,1-2H3. The van der Waals surface area contributed by atoms with Crippen molar-refractivity contribution in [2.75, 3.05) is 0 Å². The lowest BCUT2D eigenvalue weighted by atomic mass is 9.83. The van der Waals surface area contributed by atoms with E-state index in [9.17, 15) is 5.11 Å². The molecule has 0 saturated heterocycles. The van der Waals surface area contributed by atoms with E-state index < -0.39 is 0 Å². The number of aryl methyl sites for hydroxylation is 1. The van der Waals surface area contributed by atoms with E-state index in [1.54, 1.807) is 0 Å². The van der Waals surface area contributed by atoms with Crippen molar-refractivity contribution in [1.82, 2.24) is 0 Å². The Morgan fingerprint density at radius 3 is 2.65 bits per heavy atom. The van der Waals surface area contributed by atoms with Crippen LogP contribution in [-0.2, 0) is 6.42 Å². The predicted octanol–water partition coefficient (Wildman–Crippen LogP) is 5.81. The smallest absolute Gasteiger partial charge is 0.119 e. The van der Waals surface area contributed by atoms with Crippen LogP contribution in [0.25, 0.3) is 0 Å². The highest BCUT2D eigenvalue weighted by Crippen LogP contribution is 2.37. The van der Waals surface area contributed by atoms with E-state index >= 15 is 0 Å². The molecule has 1 aliphatic carbocycles. The van der Waals surface area contributed by atoms with Gasteiger partial charge in [0, 0.05) is 0 Å². The van der Waals surface area contributed by atoms with Crippen LogP contribution in [0.5, 0.6) is 5.75 Å². The van der Waals surface area contributed by atoms with Gasteiger partial charge in [-0.25, -0.2) is 0 Å². The summed E-state index contributed by atoms with van der Waals surface area (Å²) >= 11 is 0. The maximum Gasteiger partial charge on any atom is 0.119 e. The van der Waals surface area contributed by atoms with Gasteiger partial charge in [0.05, 0.1) is 0 Å². The summed E-state index contributed by atoms with van der Waals surface area (Å²) in [6.45, 7) is 4.61. The molecule has 20 heavy (non-hydrogen) atoms. The van der Waals surface area contributed by atoms with Gasteiger partial charge in [-0.2, -0.15) is 0 Å². The second kappa shape index (κ2) is 7.71. The van der Waals surface area contributed by atoms with E-state index in [0.717, 1.165) is 12.3 Å². The minimum atomic E-state index is 0.516. The van der Waals surface area contributed by atoms with E-state index in [4.69, 9.17) is 0 Å². The summed E-state index contributed by atoms with van der Waals surface area (Å²) < 4.78 is 0. The lowest BCUT2D eigenvalue weighted by Gasteiger charge is -2.23. The van der Waals surface area contributed by atoms with Gasteiger partial charge in [0.25, 0.3) is 0 Å². The first-order chi connectivity index (χ1) is 9.70. The molecule has 0 bridgehead atoms. The third-order valence-electron chi connectivity index (χ3n) is 5.00.